The van der Waals surface area contributed by atoms with Gasteiger partial charge in [0.2, 0.25) is 11.8 Å². The van der Waals surface area contributed by atoms with Crippen molar-refractivity contribution in [1.82, 2.24) is 0 Å². The molecule has 5 aliphatic rings. The standard InChI is InChI=1S/C24H18ClNO4/c25-17-6-2-1-5-14(17)24(29)30-19-8-4-3-7-18(19)26-22(27)20-12-9-10-13(16-11-15(12)16)21(20)23(26)28/h1-10,12-13,15-16,20-21H,11H2/t12-,13-,15-,16-,20+,21+/m1/s1. The number of ether oxygens (including phenoxy) is 1. The molecule has 4 aliphatic carbocycles. The van der Waals surface area contributed by atoms with Gasteiger partial charge in [0.1, 0.15) is 0 Å². The van der Waals surface area contributed by atoms with Gasteiger partial charge >= 0.3 is 5.97 Å². The molecule has 0 spiro atoms. The van der Waals surface area contributed by atoms with E-state index in [-0.39, 0.29) is 51.8 Å². The zero-order valence-corrected chi connectivity index (χ0v) is 16.7. The maximum Gasteiger partial charge on any atom is 0.345 e. The van der Waals surface area contributed by atoms with Crippen molar-refractivity contribution in [3.63, 3.8) is 0 Å². The van der Waals surface area contributed by atoms with E-state index in [1.165, 1.54) is 4.90 Å². The number of benzene rings is 2. The molecular weight excluding hydrogens is 402 g/mol. The van der Waals surface area contributed by atoms with E-state index in [9.17, 15) is 14.4 Å². The highest BCUT2D eigenvalue weighted by molar-refractivity contribution is 6.33. The summed E-state index contributed by atoms with van der Waals surface area (Å²) in [5.74, 6) is -0.0779. The predicted molar refractivity (Wildman–Crippen MR) is 110 cm³/mol. The quantitative estimate of drug-likeness (QED) is 0.325. The van der Waals surface area contributed by atoms with Crippen LogP contribution in [0.4, 0.5) is 5.69 Å². The highest BCUT2D eigenvalue weighted by atomic mass is 35.5. The van der Waals surface area contributed by atoms with Crippen molar-refractivity contribution < 1.29 is 19.1 Å². The average Bonchev–Trinajstić information content (AvgIpc) is 3.53. The summed E-state index contributed by atoms with van der Waals surface area (Å²) in [6.45, 7) is 0. The second kappa shape index (κ2) is 6.29. The van der Waals surface area contributed by atoms with Crippen molar-refractivity contribution in [2.45, 2.75) is 6.42 Å². The van der Waals surface area contributed by atoms with Crippen LogP contribution in [-0.4, -0.2) is 17.8 Å². The number of nitrogens with zero attached hydrogens (tertiary/aromatic N) is 1. The van der Waals surface area contributed by atoms with E-state index in [4.69, 9.17) is 16.3 Å². The van der Waals surface area contributed by atoms with Gasteiger partial charge in [-0.2, -0.15) is 0 Å². The van der Waals surface area contributed by atoms with E-state index >= 15 is 0 Å². The summed E-state index contributed by atoms with van der Waals surface area (Å²) < 4.78 is 5.59. The molecule has 30 heavy (non-hydrogen) atoms. The third-order valence-electron chi connectivity index (χ3n) is 7.07. The van der Waals surface area contributed by atoms with E-state index in [0.717, 1.165) is 6.42 Å². The Hall–Kier alpha value is -2.92. The Morgan fingerprint density at radius 1 is 0.900 bits per heavy atom. The molecule has 2 aromatic rings. The fraction of sp³-hybridized carbons (Fsp3) is 0.292. The Morgan fingerprint density at radius 2 is 1.50 bits per heavy atom. The Labute approximate surface area is 178 Å². The molecule has 0 N–H and O–H groups in total. The van der Waals surface area contributed by atoms with Gasteiger partial charge in [-0.05, 0) is 54.4 Å². The van der Waals surface area contributed by atoms with Crippen LogP contribution in [0.2, 0.25) is 5.02 Å². The Balaban J connectivity index is 1.35. The number of allylic oxidation sites excluding steroid dienone is 2. The maximum atomic E-state index is 13.4. The van der Waals surface area contributed by atoms with Gasteiger partial charge in [0.05, 0.1) is 28.1 Å². The summed E-state index contributed by atoms with van der Waals surface area (Å²) in [5.41, 5.74) is 0.541. The molecule has 3 fully saturated rings. The number of hydrogen-bond acceptors (Lipinski definition) is 4. The highest BCUT2D eigenvalue weighted by Crippen LogP contribution is 2.65. The van der Waals surface area contributed by atoms with Crippen LogP contribution in [0.15, 0.2) is 60.7 Å². The predicted octanol–water partition coefficient (Wildman–Crippen LogP) is 4.12. The topological polar surface area (TPSA) is 63.7 Å². The van der Waals surface area contributed by atoms with Gasteiger partial charge in [0, 0.05) is 0 Å². The van der Waals surface area contributed by atoms with Gasteiger partial charge in [-0.3, -0.25) is 9.59 Å². The lowest BCUT2D eigenvalue weighted by Crippen LogP contribution is -2.40. The van der Waals surface area contributed by atoms with E-state index in [1.807, 2.05) is 0 Å². The third kappa shape index (κ3) is 2.39. The van der Waals surface area contributed by atoms with E-state index in [1.54, 1.807) is 48.5 Å². The third-order valence-corrected chi connectivity index (χ3v) is 7.39. The van der Waals surface area contributed by atoms with E-state index < -0.39 is 5.97 Å². The molecule has 1 heterocycles. The summed E-state index contributed by atoms with van der Waals surface area (Å²) in [7, 11) is 0. The number of imide groups is 1. The second-order valence-corrected chi connectivity index (χ2v) is 8.91. The van der Waals surface area contributed by atoms with Crippen LogP contribution in [0.5, 0.6) is 5.75 Å². The molecule has 5 nitrogen and oxygen atoms in total. The van der Waals surface area contributed by atoms with Crippen LogP contribution in [-0.2, 0) is 9.59 Å². The number of hydrogen-bond donors (Lipinski definition) is 0. The number of esters is 1. The molecule has 6 atom stereocenters. The van der Waals surface area contributed by atoms with Crippen molar-refractivity contribution in [2.24, 2.45) is 35.5 Å². The summed E-state index contributed by atoms with van der Waals surface area (Å²) in [6.07, 6.45) is 5.39. The minimum absolute atomic E-state index is 0.143. The molecule has 2 saturated carbocycles. The van der Waals surface area contributed by atoms with Crippen LogP contribution >= 0.6 is 11.6 Å². The smallest absolute Gasteiger partial charge is 0.345 e. The summed E-state index contributed by atoms with van der Waals surface area (Å²) >= 11 is 6.11. The van der Waals surface area contributed by atoms with Gasteiger partial charge < -0.3 is 4.74 Å². The van der Waals surface area contributed by atoms with Gasteiger partial charge in [-0.15, -0.1) is 0 Å². The Kier molecular flexibility index (Phi) is 3.75. The van der Waals surface area contributed by atoms with Crippen LogP contribution in [0.3, 0.4) is 0 Å². The van der Waals surface area contributed by atoms with E-state index in [0.29, 0.717) is 17.5 Å². The SMILES string of the molecule is O=C(Oc1ccccc1N1C(=O)[C@H]2[C@@H]3C=C[C@H]([C@H]4C[C@H]34)[C@@H]2C1=O)c1ccccc1Cl. The zero-order valence-electron chi connectivity index (χ0n) is 15.9. The zero-order chi connectivity index (χ0) is 20.6. The first-order valence-electron chi connectivity index (χ1n) is 10.2. The highest BCUT2D eigenvalue weighted by Gasteiger charge is 2.67. The Morgan fingerprint density at radius 3 is 2.17 bits per heavy atom. The van der Waals surface area contributed by atoms with Crippen LogP contribution in [0, 0.1) is 35.5 Å². The van der Waals surface area contributed by atoms with Crippen LogP contribution in [0.1, 0.15) is 16.8 Å². The number of para-hydroxylation sites is 2. The molecule has 2 aromatic carbocycles. The molecule has 6 heteroatoms. The first-order valence-corrected chi connectivity index (χ1v) is 10.6. The van der Waals surface area contributed by atoms with Crippen molar-refractivity contribution in [3.8, 4) is 5.75 Å². The normalized spacial score (nSPS) is 32.8. The number of anilines is 1. The summed E-state index contributed by atoms with van der Waals surface area (Å²) in [5, 5.41) is 0.279. The molecular formula is C24H18ClNO4. The lowest BCUT2D eigenvalue weighted by Gasteiger charge is -2.37. The lowest BCUT2D eigenvalue weighted by molar-refractivity contribution is -0.124. The molecule has 0 radical (unpaired) electrons. The average molecular weight is 420 g/mol. The molecule has 2 amide bonds. The molecule has 0 unspecified atom stereocenters. The molecule has 150 valence electrons. The molecule has 2 bridgehead atoms. The Bertz CT molecular complexity index is 1110. The monoisotopic (exact) mass is 419 g/mol. The molecule has 1 aliphatic heterocycles. The largest absolute Gasteiger partial charge is 0.421 e. The van der Waals surface area contributed by atoms with Crippen LogP contribution < -0.4 is 9.64 Å². The van der Waals surface area contributed by atoms with Gasteiger partial charge in [-0.25, -0.2) is 9.69 Å². The number of carbonyl (C=O) groups is 3. The van der Waals surface area contributed by atoms with E-state index in [2.05, 4.69) is 12.2 Å². The fourth-order valence-corrected chi connectivity index (χ4v) is 5.92. The summed E-state index contributed by atoms with van der Waals surface area (Å²) in [4.78, 5) is 40.7. The van der Waals surface area contributed by atoms with Gasteiger partial charge in [0.25, 0.3) is 0 Å². The number of rotatable bonds is 3. The van der Waals surface area contributed by atoms with Crippen molar-refractivity contribution >= 4 is 35.1 Å². The molecule has 1 saturated heterocycles. The second-order valence-electron chi connectivity index (χ2n) is 8.50. The first kappa shape index (κ1) is 17.9. The molecule has 7 rings (SSSR count). The maximum absolute atomic E-state index is 13.4. The molecule has 0 aromatic heterocycles. The number of amides is 2. The van der Waals surface area contributed by atoms with Crippen molar-refractivity contribution in [1.29, 1.82) is 0 Å². The summed E-state index contributed by atoms with van der Waals surface area (Å²) in [6, 6.07) is 13.3. The minimum atomic E-state index is -0.632. The van der Waals surface area contributed by atoms with Crippen LogP contribution in [0.25, 0.3) is 0 Å². The minimum Gasteiger partial charge on any atom is -0.421 e. The lowest BCUT2D eigenvalue weighted by atomic mass is 9.63. The first-order chi connectivity index (χ1) is 14.6. The number of halogens is 1. The van der Waals surface area contributed by atoms with Gasteiger partial charge in [-0.1, -0.05) is 48.0 Å². The number of carbonyl (C=O) groups excluding carboxylic acids is 3. The van der Waals surface area contributed by atoms with Crippen molar-refractivity contribution in [2.75, 3.05) is 4.90 Å². The van der Waals surface area contributed by atoms with Crippen molar-refractivity contribution in [3.05, 3.63) is 71.3 Å². The van der Waals surface area contributed by atoms with Gasteiger partial charge in [0.15, 0.2) is 5.75 Å². The fourth-order valence-electron chi connectivity index (χ4n) is 5.70.